The van der Waals surface area contributed by atoms with Gasteiger partial charge in [-0.25, -0.2) is 0 Å². The van der Waals surface area contributed by atoms with Crippen LogP contribution >= 0.6 is 11.1 Å². The van der Waals surface area contributed by atoms with Gasteiger partial charge in [-0.05, 0) is 22.6 Å². The molecular weight excluding hydrogens is 244 g/mol. The van der Waals surface area contributed by atoms with Crippen molar-refractivity contribution < 1.29 is 0 Å². The van der Waals surface area contributed by atoms with Gasteiger partial charge in [-0.1, -0.05) is 63.7 Å². The summed E-state index contributed by atoms with van der Waals surface area (Å²) in [4.78, 5) is 0. The molecule has 92 valence electrons. The lowest BCUT2D eigenvalue weighted by molar-refractivity contribution is 0.461. The maximum absolute atomic E-state index is 6.94. The quantitative estimate of drug-likeness (QED) is 0.509. The molecule has 2 unspecified atom stereocenters. The summed E-state index contributed by atoms with van der Waals surface area (Å²) in [6.45, 7) is 9.15. The van der Waals surface area contributed by atoms with E-state index < -0.39 is 7.38 Å². The second-order valence-corrected chi connectivity index (χ2v) is 12.6. The molecule has 2 rings (SSSR count). The van der Waals surface area contributed by atoms with Gasteiger partial charge in [0.05, 0.1) is 0 Å². The van der Waals surface area contributed by atoms with E-state index in [1.54, 1.807) is 0 Å². The van der Waals surface area contributed by atoms with Crippen LogP contribution in [0.5, 0.6) is 0 Å². The minimum atomic E-state index is -1.77. The van der Waals surface area contributed by atoms with Gasteiger partial charge in [0.2, 0.25) is 0 Å². The monoisotopic (exact) mass is 264 g/mol. The van der Waals surface area contributed by atoms with Crippen molar-refractivity contribution in [2.75, 3.05) is 0 Å². The molecule has 0 saturated heterocycles. The summed E-state index contributed by atoms with van der Waals surface area (Å²) in [6, 6.07) is 9.78. The Balaban J connectivity index is 2.28. The second-order valence-electron chi connectivity index (χ2n) is 6.48. The number of halogens is 1. The summed E-state index contributed by atoms with van der Waals surface area (Å²) in [5.74, 6) is 0. The van der Waals surface area contributed by atoms with E-state index in [-0.39, 0.29) is 0 Å². The molecule has 1 aromatic rings. The highest BCUT2D eigenvalue weighted by Crippen LogP contribution is 2.44. The number of fused-ring (bicyclic) bond motifs is 1. The molecule has 2 heteroatoms. The highest BCUT2D eigenvalue weighted by atomic mass is 35.6. The Morgan fingerprint density at radius 1 is 1.24 bits per heavy atom. The lowest BCUT2D eigenvalue weighted by Gasteiger charge is -2.33. The normalized spacial score (nSPS) is 22.3. The second kappa shape index (κ2) is 4.29. The number of hydrogen-bond donors (Lipinski definition) is 0. The number of allylic oxidation sites excluding steroid dienone is 1. The first-order chi connectivity index (χ1) is 7.80. The van der Waals surface area contributed by atoms with Crippen molar-refractivity contribution in [3.05, 3.63) is 41.5 Å². The fourth-order valence-corrected chi connectivity index (χ4v) is 8.40. The van der Waals surface area contributed by atoms with Crippen LogP contribution < -0.4 is 0 Å². The van der Waals surface area contributed by atoms with Gasteiger partial charge < -0.3 is 0 Å². The first-order valence-electron chi connectivity index (χ1n) is 6.26. The van der Waals surface area contributed by atoms with Gasteiger partial charge in [0.1, 0.15) is 0 Å². The largest absolute Gasteiger partial charge is 0.166 e. The van der Waals surface area contributed by atoms with E-state index in [1.165, 1.54) is 11.1 Å². The Morgan fingerprint density at radius 2 is 1.88 bits per heavy atom. The van der Waals surface area contributed by atoms with Crippen LogP contribution in [0, 0.1) is 5.41 Å². The Bertz CT molecular complexity index is 440. The lowest BCUT2D eigenvalue weighted by atomic mass is 10.0. The molecule has 0 amide bonds. The van der Waals surface area contributed by atoms with Gasteiger partial charge in [-0.2, -0.15) is 11.1 Å². The molecular formula is C15H21ClSi. The summed E-state index contributed by atoms with van der Waals surface area (Å²) < 4.78 is 0. The molecule has 0 N–H and O–H groups in total. The third kappa shape index (κ3) is 2.83. The first-order valence-corrected chi connectivity index (χ1v) is 10.1. The molecule has 0 aromatic heterocycles. The summed E-state index contributed by atoms with van der Waals surface area (Å²) in [6.07, 6.45) is 4.55. The van der Waals surface area contributed by atoms with Gasteiger partial charge in [0.15, 0.2) is 7.38 Å². The third-order valence-electron chi connectivity index (χ3n) is 3.32. The number of benzene rings is 1. The topological polar surface area (TPSA) is 0 Å². The molecule has 0 aliphatic heterocycles. The van der Waals surface area contributed by atoms with Crippen molar-refractivity contribution >= 4 is 24.5 Å². The average molecular weight is 265 g/mol. The first kappa shape index (κ1) is 12.9. The molecule has 0 saturated carbocycles. The van der Waals surface area contributed by atoms with Crippen LogP contribution in [0.4, 0.5) is 0 Å². The molecule has 0 fully saturated rings. The van der Waals surface area contributed by atoms with Gasteiger partial charge in [0.25, 0.3) is 0 Å². The molecule has 0 spiro atoms. The predicted octanol–water partition coefficient (Wildman–Crippen LogP) is 5.20. The Hall–Kier alpha value is -0.533. The fourth-order valence-electron chi connectivity index (χ4n) is 2.92. The van der Waals surface area contributed by atoms with Crippen molar-refractivity contribution in [3.63, 3.8) is 0 Å². The van der Waals surface area contributed by atoms with Crippen molar-refractivity contribution in [3.8, 4) is 0 Å². The smallest absolute Gasteiger partial charge is 0.165 e. The summed E-state index contributed by atoms with van der Waals surface area (Å²) >= 11 is 6.94. The van der Waals surface area contributed by atoms with E-state index >= 15 is 0 Å². The minimum Gasteiger partial charge on any atom is -0.166 e. The van der Waals surface area contributed by atoms with Crippen molar-refractivity contribution in [2.45, 2.75) is 38.9 Å². The van der Waals surface area contributed by atoms with Crippen LogP contribution in [0.1, 0.15) is 37.4 Å². The molecule has 0 nitrogen and oxygen atoms in total. The standard InChI is InChI=1S/C15H21ClSi/c1-15(2,3)11-17(4,16)14-10-9-12-7-5-6-8-13(12)14/h5-10,14H,11H2,1-4H3. The molecule has 1 aromatic carbocycles. The van der Waals surface area contributed by atoms with Crippen LogP contribution in [0.2, 0.25) is 12.6 Å². The highest BCUT2D eigenvalue weighted by molar-refractivity contribution is 7.20. The zero-order chi connectivity index (χ0) is 12.7. The zero-order valence-electron chi connectivity index (χ0n) is 11.1. The minimum absolute atomic E-state index is 0.314. The predicted molar refractivity (Wildman–Crippen MR) is 80.0 cm³/mol. The third-order valence-corrected chi connectivity index (χ3v) is 7.98. The van der Waals surface area contributed by atoms with E-state index in [4.69, 9.17) is 11.1 Å². The van der Waals surface area contributed by atoms with Crippen LogP contribution in [-0.4, -0.2) is 7.38 Å². The van der Waals surface area contributed by atoms with E-state index in [0.717, 1.165) is 6.04 Å². The molecule has 0 bridgehead atoms. The highest BCUT2D eigenvalue weighted by Gasteiger charge is 2.40. The summed E-state index contributed by atoms with van der Waals surface area (Å²) in [5.41, 5.74) is 3.57. The molecule has 2 atom stereocenters. The average Bonchev–Trinajstić information content (AvgIpc) is 2.57. The van der Waals surface area contributed by atoms with Gasteiger partial charge in [-0.3, -0.25) is 0 Å². The molecule has 0 heterocycles. The number of rotatable bonds is 2. The van der Waals surface area contributed by atoms with Crippen molar-refractivity contribution in [1.29, 1.82) is 0 Å². The summed E-state index contributed by atoms with van der Waals surface area (Å²) in [7, 11) is -1.77. The maximum Gasteiger partial charge on any atom is 0.165 e. The lowest BCUT2D eigenvalue weighted by Crippen LogP contribution is -2.35. The molecule has 1 aliphatic rings. The van der Waals surface area contributed by atoms with Gasteiger partial charge >= 0.3 is 0 Å². The fraction of sp³-hybridized carbons (Fsp3) is 0.467. The molecule has 0 radical (unpaired) electrons. The zero-order valence-corrected chi connectivity index (χ0v) is 12.9. The van der Waals surface area contributed by atoms with Crippen LogP contribution in [0.25, 0.3) is 6.08 Å². The van der Waals surface area contributed by atoms with Crippen molar-refractivity contribution in [2.24, 2.45) is 5.41 Å². The van der Waals surface area contributed by atoms with Crippen LogP contribution in [0.15, 0.2) is 30.3 Å². The SMILES string of the molecule is CC(C)(C)C[Si](C)(Cl)C1C=Cc2ccccc21. The van der Waals surface area contributed by atoms with Gasteiger partial charge in [-0.15, -0.1) is 0 Å². The number of hydrogen-bond acceptors (Lipinski definition) is 0. The van der Waals surface area contributed by atoms with E-state index in [0.29, 0.717) is 11.0 Å². The maximum atomic E-state index is 6.94. The molecule has 17 heavy (non-hydrogen) atoms. The molecule has 1 aliphatic carbocycles. The summed E-state index contributed by atoms with van der Waals surface area (Å²) in [5, 5.41) is 0. The van der Waals surface area contributed by atoms with Crippen LogP contribution in [0.3, 0.4) is 0 Å². The Kier molecular flexibility index (Phi) is 3.26. The van der Waals surface area contributed by atoms with Gasteiger partial charge in [0, 0.05) is 5.54 Å². The Morgan fingerprint density at radius 3 is 2.53 bits per heavy atom. The van der Waals surface area contributed by atoms with Crippen LogP contribution in [-0.2, 0) is 0 Å². The van der Waals surface area contributed by atoms with E-state index in [1.807, 2.05) is 0 Å². The van der Waals surface area contributed by atoms with E-state index in [9.17, 15) is 0 Å². The van der Waals surface area contributed by atoms with E-state index in [2.05, 4.69) is 63.7 Å². The Labute approximate surface area is 110 Å². The van der Waals surface area contributed by atoms with Crippen molar-refractivity contribution in [1.82, 2.24) is 0 Å².